The van der Waals surface area contributed by atoms with Crippen molar-refractivity contribution in [1.82, 2.24) is 0 Å². The summed E-state index contributed by atoms with van der Waals surface area (Å²) in [6.07, 6.45) is 0. The van der Waals surface area contributed by atoms with Gasteiger partial charge in [0.1, 0.15) is 7.44 Å². The molecule has 1 rings (SSSR count). The highest BCUT2D eigenvalue weighted by atomic mass is 28.5. The molecule has 11 heavy (non-hydrogen) atoms. The van der Waals surface area contributed by atoms with Crippen LogP contribution in [0.4, 0.5) is 4.11 Å². The van der Waals surface area contributed by atoms with Crippen molar-refractivity contribution in [1.29, 1.82) is 0 Å². The summed E-state index contributed by atoms with van der Waals surface area (Å²) >= 11 is 0. The maximum Gasteiger partial charge on any atom is 0.518 e. The molecule has 0 aromatic carbocycles. The third-order valence-electron chi connectivity index (χ3n) is 1.16. The predicted molar refractivity (Wildman–Crippen MR) is 46.4 cm³/mol. The van der Waals surface area contributed by atoms with Crippen LogP contribution >= 0.6 is 0 Å². The van der Waals surface area contributed by atoms with Gasteiger partial charge in [-0.25, -0.2) is 4.11 Å². The summed E-state index contributed by atoms with van der Waals surface area (Å²) in [5.41, 5.74) is 0. The Morgan fingerprint density at radius 1 is 1.36 bits per heavy atom. The minimum absolute atomic E-state index is 1.34. The maximum absolute atomic E-state index is 13.2. The van der Waals surface area contributed by atoms with Crippen LogP contribution < -0.4 is 0 Å². The van der Waals surface area contributed by atoms with Gasteiger partial charge in [-0.1, -0.05) is 0 Å². The molecule has 0 bridgehead atoms. The SMILES string of the molecule is [B][Si]1(C)O[SiH](C)O[Si](C)(F)O1. The van der Waals surface area contributed by atoms with Crippen LogP contribution in [0.1, 0.15) is 0 Å². The smallest absolute Gasteiger partial charge is 0.424 e. The van der Waals surface area contributed by atoms with E-state index in [1.54, 1.807) is 13.1 Å². The third-order valence-corrected chi connectivity index (χ3v) is 10.5. The monoisotopic (exact) mass is 208 g/mol. The first kappa shape index (κ1) is 9.61. The van der Waals surface area contributed by atoms with Gasteiger partial charge in [0.2, 0.25) is 0 Å². The van der Waals surface area contributed by atoms with E-state index < -0.39 is 26.6 Å². The van der Waals surface area contributed by atoms with Crippen molar-refractivity contribution in [3.8, 4) is 0 Å². The van der Waals surface area contributed by atoms with Crippen LogP contribution in [0.2, 0.25) is 19.6 Å². The largest absolute Gasteiger partial charge is 0.518 e. The lowest BCUT2D eigenvalue weighted by molar-refractivity contribution is 0.222. The lowest BCUT2D eigenvalue weighted by atomic mass is 10.8. The molecule has 3 unspecified atom stereocenters. The van der Waals surface area contributed by atoms with Crippen molar-refractivity contribution < 1.29 is 16.5 Å². The second-order valence-corrected chi connectivity index (χ2v) is 10.3. The highest BCUT2D eigenvalue weighted by Crippen LogP contribution is 2.23. The third kappa shape index (κ3) is 2.80. The molecule has 1 aliphatic rings. The lowest BCUT2D eigenvalue weighted by Crippen LogP contribution is -2.60. The Morgan fingerprint density at radius 2 is 1.91 bits per heavy atom. The van der Waals surface area contributed by atoms with Gasteiger partial charge in [-0.05, 0) is 13.1 Å². The van der Waals surface area contributed by atoms with E-state index in [1.165, 1.54) is 6.55 Å². The molecule has 1 heterocycles. The van der Waals surface area contributed by atoms with Gasteiger partial charge in [0.05, 0.1) is 0 Å². The Balaban J connectivity index is 2.66. The van der Waals surface area contributed by atoms with E-state index in [1.807, 2.05) is 0 Å². The molecule has 0 N–H and O–H groups in total. The van der Waals surface area contributed by atoms with Gasteiger partial charge in [-0.3, -0.25) is 0 Å². The minimum atomic E-state index is -3.42. The van der Waals surface area contributed by atoms with Crippen molar-refractivity contribution >= 4 is 34.0 Å². The lowest BCUT2D eigenvalue weighted by Gasteiger charge is -2.39. The van der Waals surface area contributed by atoms with Gasteiger partial charge < -0.3 is 12.3 Å². The summed E-state index contributed by atoms with van der Waals surface area (Å²) in [4.78, 5) is 0. The van der Waals surface area contributed by atoms with Gasteiger partial charge in [-0.15, -0.1) is 0 Å². The second-order valence-electron chi connectivity index (χ2n) is 2.76. The minimum Gasteiger partial charge on any atom is -0.424 e. The quantitative estimate of drug-likeness (QED) is 0.419. The highest BCUT2D eigenvalue weighted by molar-refractivity contribution is 7.14. The zero-order valence-corrected chi connectivity index (χ0v) is 9.91. The summed E-state index contributed by atoms with van der Waals surface area (Å²) < 4.78 is 28.3. The number of rotatable bonds is 0. The fourth-order valence-electron chi connectivity index (χ4n) is 1.06. The Kier molecular flexibility index (Phi) is 2.43. The fraction of sp³-hybridized carbons (Fsp3) is 1.00. The molecule has 0 aliphatic carbocycles. The predicted octanol–water partition coefficient (Wildman–Crippen LogP) is 0.175. The summed E-state index contributed by atoms with van der Waals surface area (Å²) in [6.45, 7) is 4.73. The molecule has 62 valence electrons. The van der Waals surface area contributed by atoms with Crippen molar-refractivity contribution in [2.24, 2.45) is 0 Å². The van der Waals surface area contributed by atoms with Gasteiger partial charge in [0.25, 0.3) is 8.43 Å². The molecule has 0 aromatic heterocycles. The van der Waals surface area contributed by atoms with Gasteiger partial charge in [0, 0.05) is 6.55 Å². The molecule has 0 aromatic rings. The molecule has 3 nitrogen and oxygen atoms in total. The normalized spacial score (nSPS) is 52.5. The summed E-state index contributed by atoms with van der Waals surface area (Å²) in [5.74, 6) is 0. The molecule has 1 aliphatic heterocycles. The Bertz CT molecular complexity index is 150. The van der Waals surface area contributed by atoms with Crippen LogP contribution in [0, 0.1) is 0 Å². The first-order valence-electron chi connectivity index (χ1n) is 3.34. The van der Waals surface area contributed by atoms with E-state index in [9.17, 15) is 4.11 Å². The van der Waals surface area contributed by atoms with Crippen molar-refractivity contribution in [3.05, 3.63) is 0 Å². The molecule has 3 atom stereocenters. The summed E-state index contributed by atoms with van der Waals surface area (Å²) in [5, 5.41) is 0. The van der Waals surface area contributed by atoms with Gasteiger partial charge in [-0.2, -0.15) is 0 Å². The number of hydrogen-bond acceptors (Lipinski definition) is 3. The second kappa shape index (κ2) is 2.78. The number of hydrogen-bond donors (Lipinski definition) is 0. The summed E-state index contributed by atoms with van der Waals surface area (Å²) in [6, 6.07) is 0. The van der Waals surface area contributed by atoms with Crippen LogP contribution in [0.3, 0.4) is 0 Å². The van der Waals surface area contributed by atoms with Crippen LogP contribution in [0.15, 0.2) is 0 Å². The topological polar surface area (TPSA) is 27.7 Å². The Hall–Kier alpha value is 0.526. The summed E-state index contributed by atoms with van der Waals surface area (Å²) in [7, 11) is -2.34. The van der Waals surface area contributed by atoms with E-state index in [0.29, 0.717) is 0 Å². The molecule has 1 saturated heterocycles. The molecule has 0 saturated carbocycles. The van der Waals surface area contributed by atoms with E-state index in [2.05, 4.69) is 0 Å². The van der Waals surface area contributed by atoms with Crippen molar-refractivity contribution in [2.75, 3.05) is 0 Å². The van der Waals surface area contributed by atoms with Crippen LogP contribution in [-0.4, -0.2) is 34.0 Å². The molecular weight excluding hydrogens is 198 g/mol. The van der Waals surface area contributed by atoms with Crippen LogP contribution in [0.5, 0.6) is 0 Å². The van der Waals surface area contributed by atoms with Gasteiger partial charge in [0.15, 0.2) is 0 Å². The standard InChI is InChI=1S/C3H10BFO3Si3/c1-9-6-10(2,4)8-11(3,5)7-9/h9H,1-3H3. The van der Waals surface area contributed by atoms with E-state index in [-0.39, 0.29) is 0 Å². The zero-order chi connectivity index (χ0) is 8.70. The first-order chi connectivity index (χ1) is 4.81. The van der Waals surface area contributed by atoms with Crippen LogP contribution in [-0.2, 0) is 12.3 Å². The molecule has 0 amide bonds. The van der Waals surface area contributed by atoms with E-state index in [4.69, 9.17) is 19.8 Å². The average molecular weight is 208 g/mol. The first-order valence-corrected chi connectivity index (χ1v) is 10.0. The van der Waals surface area contributed by atoms with Crippen molar-refractivity contribution in [2.45, 2.75) is 19.6 Å². The Morgan fingerprint density at radius 3 is 2.27 bits per heavy atom. The molecular formula is C3H10BFO3Si3. The van der Waals surface area contributed by atoms with E-state index >= 15 is 0 Å². The Labute approximate surface area is 70.7 Å². The maximum atomic E-state index is 13.2. The van der Waals surface area contributed by atoms with Gasteiger partial charge >= 0.3 is 18.2 Å². The molecule has 0 spiro atoms. The molecule has 2 radical (unpaired) electrons. The molecule has 8 heteroatoms. The zero-order valence-electron chi connectivity index (χ0n) is 6.76. The fourth-order valence-corrected chi connectivity index (χ4v) is 10.8. The highest BCUT2D eigenvalue weighted by Gasteiger charge is 2.48. The number of halogens is 1. The average Bonchev–Trinajstić information content (AvgIpc) is 1.49. The molecule has 1 fully saturated rings. The van der Waals surface area contributed by atoms with E-state index in [0.717, 1.165) is 0 Å². The van der Waals surface area contributed by atoms with Crippen LogP contribution in [0.25, 0.3) is 0 Å². The van der Waals surface area contributed by atoms with Crippen molar-refractivity contribution in [3.63, 3.8) is 0 Å².